The van der Waals surface area contributed by atoms with E-state index in [9.17, 15) is 0 Å². The molecule has 0 spiro atoms. The van der Waals surface area contributed by atoms with Gasteiger partial charge in [0.15, 0.2) is 0 Å². The van der Waals surface area contributed by atoms with E-state index in [1.807, 2.05) is 12.1 Å². The smallest absolute Gasteiger partial charge is 0.125 e. The van der Waals surface area contributed by atoms with Crippen molar-refractivity contribution in [1.82, 2.24) is 5.32 Å². The van der Waals surface area contributed by atoms with E-state index in [0.29, 0.717) is 0 Å². The summed E-state index contributed by atoms with van der Waals surface area (Å²) in [6.07, 6.45) is 4.98. The minimum atomic E-state index is 0.0779. The van der Waals surface area contributed by atoms with Gasteiger partial charge in [-0.25, -0.2) is 0 Å². The van der Waals surface area contributed by atoms with Crippen molar-refractivity contribution in [3.8, 4) is 0 Å². The van der Waals surface area contributed by atoms with Gasteiger partial charge in [0, 0.05) is 5.56 Å². The molecule has 2 nitrogen and oxygen atoms in total. The maximum absolute atomic E-state index is 5.08. The molecule has 176 valence electrons. The van der Waals surface area contributed by atoms with Crippen LogP contribution >= 0.6 is 0 Å². The normalized spacial score (nSPS) is 13.3. The van der Waals surface area contributed by atoms with Gasteiger partial charge in [0.05, 0.1) is 11.7 Å². The predicted molar refractivity (Wildman–Crippen MR) is 149 cm³/mol. The van der Waals surface area contributed by atoms with Crippen LogP contribution in [0.2, 0.25) is 0 Å². The molecule has 3 aromatic carbocycles. The Hall–Kier alpha value is -3.39. The molecular weight excluding hydrogens is 412 g/mol. The topological polar surface area (TPSA) is 24.4 Å². The molecule has 0 aliphatic carbocycles. The van der Waals surface area contributed by atoms with Gasteiger partial charge in [-0.15, -0.1) is 0 Å². The van der Waals surface area contributed by atoms with Crippen molar-refractivity contribution in [2.45, 2.75) is 59.9 Å². The summed E-state index contributed by atoms with van der Waals surface area (Å²) in [5.41, 5.74) is 9.82. The van der Waals surface area contributed by atoms with E-state index in [1.54, 1.807) is 0 Å². The molecule has 0 aliphatic rings. The highest BCUT2D eigenvalue weighted by atomic mass is 15.0. The average molecular weight is 451 g/mol. The maximum atomic E-state index is 5.08. The molecule has 1 N–H and O–H groups in total. The second-order valence-electron chi connectivity index (χ2n) is 8.90. The number of amidine groups is 1. The summed E-state index contributed by atoms with van der Waals surface area (Å²) in [6, 6.07) is 25.9. The quantitative estimate of drug-likeness (QED) is 0.197. The van der Waals surface area contributed by atoms with Crippen molar-refractivity contribution in [3.05, 3.63) is 119 Å². The summed E-state index contributed by atoms with van der Waals surface area (Å²) < 4.78 is 0. The largest absolute Gasteiger partial charge is 0.340 e. The van der Waals surface area contributed by atoms with Gasteiger partial charge in [0.2, 0.25) is 0 Å². The van der Waals surface area contributed by atoms with Gasteiger partial charge in [-0.2, -0.15) is 0 Å². The summed E-state index contributed by atoms with van der Waals surface area (Å²) in [5.74, 6) is 0.789. The maximum Gasteiger partial charge on any atom is 0.125 e. The van der Waals surface area contributed by atoms with E-state index in [1.165, 1.54) is 39.0 Å². The monoisotopic (exact) mass is 450 g/mol. The highest BCUT2D eigenvalue weighted by Gasteiger charge is 2.16. The number of benzene rings is 3. The Kier molecular flexibility index (Phi) is 9.04. The fraction of sp³-hybridized carbons (Fsp3) is 0.281. The van der Waals surface area contributed by atoms with Crippen LogP contribution in [0.3, 0.4) is 0 Å². The lowest BCUT2D eigenvalue weighted by atomic mass is 9.93. The fourth-order valence-electron chi connectivity index (χ4n) is 4.45. The van der Waals surface area contributed by atoms with Gasteiger partial charge >= 0.3 is 0 Å². The first-order valence-electron chi connectivity index (χ1n) is 12.4. The minimum absolute atomic E-state index is 0.0779. The zero-order chi connectivity index (χ0) is 24.5. The Morgan fingerprint density at radius 1 is 0.941 bits per heavy atom. The number of aliphatic imine (C=N–C) groups is 1. The molecule has 0 amide bonds. The van der Waals surface area contributed by atoms with Crippen molar-refractivity contribution in [1.29, 1.82) is 0 Å². The second-order valence-corrected chi connectivity index (χ2v) is 8.90. The zero-order valence-corrected chi connectivity index (χ0v) is 21.4. The first-order valence-corrected chi connectivity index (χ1v) is 12.4. The van der Waals surface area contributed by atoms with Crippen LogP contribution in [0.25, 0.3) is 11.3 Å². The van der Waals surface area contributed by atoms with Crippen molar-refractivity contribution < 1.29 is 0 Å². The van der Waals surface area contributed by atoms with Crippen LogP contribution in [0.5, 0.6) is 0 Å². The van der Waals surface area contributed by atoms with Gasteiger partial charge in [-0.3, -0.25) is 4.99 Å². The molecule has 0 bridgehead atoms. The molecule has 3 rings (SSSR count). The Labute approximate surface area is 206 Å². The van der Waals surface area contributed by atoms with Gasteiger partial charge in [-0.1, -0.05) is 99.6 Å². The van der Waals surface area contributed by atoms with Crippen molar-refractivity contribution in [2.75, 3.05) is 0 Å². The minimum Gasteiger partial charge on any atom is -0.340 e. The Balaban J connectivity index is 2.13. The van der Waals surface area contributed by atoms with Gasteiger partial charge in [0.1, 0.15) is 5.84 Å². The van der Waals surface area contributed by atoms with E-state index in [4.69, 9.17) is 4.99 Å². The molecule has 0 radical (unpaired) electrons. The van der Waals surface area contributed by atoms with E-state index >= 15 is 0 Å². The number of nitrogens with one attached hydrogen (secondary N) is 1. The van der Waals surface area contributed by atoms with Gasteiger partial charge < -0.3 is 5.32 Å². The third kappa shape index (κ3) is 6.14. The van der Waals surface area contributed by atoms with E-state index in [2.05, 4.69) is 113 Å². The molecule has 0 aliphatic heterocycles. The van der Waals surface area contributed by atoms with Crippen LogP contribution in [0.15, 0.2) is 90.4 Å². The number of rotatable bonds is 9. The predicted octanol–water partition coefficient (Wildman–Crippen LogP) is 8.47. The molecule has 0 heterocycles. The number of nitrogens with zero attached hydrogens (tertiary/aromatic N) is 1. The molecule has 1 atom stereocenters. The molecule has 1 unspecified atom stereocenters. The molecule has 0 aromatic heterocycles. The van der Waals surface area contributed by atoms with Gasteiger partial charge in [0.25, 0.3) is 0 Å². The van der Waals surface area contributed by atoms with Crippen LogP contribution in [0, 0.1) is 13.8 Å². The number of hydrogen-bond donors (Lipinski definition) is 1. The van der Waals surface area contributed by atoms with Crippen LogP contribution < -0.4 is 5.32 Å². The molecule has 0 saturated heterocycles. The molecule has 0 saturated carbocycles. The fourth-order valence-corrected chi connectivity index (χ4v) is 4.45. The number of aryl methyl sites for hydroxylation is 3. The molecule has 0 fully saturated rings. The van der Waals surface area contributed by atoms with Crippen LogP contribution in [0.1, 0.15) is 73.0 Å². The summed E-state index contributed by atoms with van der Waals surface area (Å²) in [5, 5.41) is 3.70. The number of allylic oxidation sites excluding steroid dienone is 1. The zero-order valence-electron chi connectivity index (χ0n) is 21.4. The summed E-state index contributed by atoms with van der Waals surface area (Å²) in [4.78, 5) is 5.08. The third-order valence-corrected chi connectivity index (χ3v) is 6.32. The summed E-state index contributed by atoms with van der Waals surface area (Å²) >= 11 is 0. The first kappa shape index (κ1) is 25.2. The lowest BCUT2D eigenvalue weighted by Gasteiger charge is -2.21. The SMILES string of the molecule is C=CC(=NC(CC)c1ccccc1)N/C(=C(\C)c1cccc(CCC)c1)c1c(C)cccc1C. The Morgan fingerprint density at radius 3 is 2.24 bits per heavy atom. The standard InChI is InChI=1S/C32H38N2/c1-7-15-26-18-14-21-28(22-26)25(6)32(31-23(4)16-13-17-24(31)5)34-30(9-3)33-29(8-2)27-19-11-10-12-20-27/h9-14,16-22,29H,3,7-8,15H2,1-2,4-6H3,(H,33,34)/b32-25+. The first-order chi connectivity index (χ1) is 16.5. The molecule has 3 aromatic rings. The van der Waals surface area contributed by atoms with Crippen molar-refractivity contribution in [2.24, 2.45) is 4.99 Å². The van der Waals surface area contributed by atoms with Crippen LogP contribution in [-0.2, 0) is 6.42 Å². The summed E-state index contributed by atoms with van der Waals surface area (Å²) in [6.45, 7) is 15.0. The van der Waals surface area contributed by atoms with Crippen molar-refractivity contribution >= 4 is 17.1 Å². The van der Waals surface area contributed by atoms with Gasteiger partial charge in [-0.05, 0) is 73.1 Å². The van der Waals surface area contributed by atoms with Crippen LogP contribution in [0.4, 0.5) is 0 Å². The summed E-state index contributed by atoms with van der Waals surface area (Å²) in [7, 11) is 0. The average Bonchev–Trinajstić information content (AvgIpc) is 2.86. The molecule has 34 heavy (non-hydrogen) atoms. The number of hydrogen-bond acceptors (Lipinski definition) is 1. The lowest BCUT2D eigenvalue weighted by molar-refractivity contribution is 0.699. The van der Waals surface area contributed by atoms with E-state index < -0.39 is 0 Å². The van der Waals surface area contributed by atoms with Crippen molar-refractivity contribution in [3.63, 3.8) is 0 Å². The van der Waals surface area contributed by atoms with E-state index in [0.717, 1.165) is 30.8 Å². The Morgan fingerprint density at radius 2 is 1.62 bits per heavy atom. The van der Waals surface area contributed by atoms with Crippen LogP contribution in [-0.4, -0.2) is 5.84 Å². The second kappa shape index (κ2) is 12.2. The lowest BCUT2D eigenvalue weighted by Crippen LogP contribution is -2.23. The molecule has 2 heteroatoms. The highest BCUT2D eigenvalue weighted by molar-refractivity contribution is 6.04. The third-order valence-electron chi connectivity index (χ3n) is 6.32. The van der Waals surface area contributed by atoms with E-state index in [-0.39, 0.29) is 6.04 Å². The highest BCUT2D eigenvalue weighted by Crippen LogP contribution is 2.30. The molecular formula is C32H38N2. The Bertz CT molecular complexity index is 1150.